The summed E-state index contributed by atoms with van der Waals surface area (Å²) in [6.07, 6.45) is 1.62. The first-order chi connectivity index (χ1) is 10.5. The molecule has 0 unspecified atom stereocenters. The second-order valence-electron chi connectivity index (χ2n) is 5.30. The van der Waals surface area contributed by atoms with E-state index in [-0.39, 0.29) is 17.4 Å². The smallest absolute Gasteiger partial charge is 0.283 e. The molecule has 1 aliphatic heterocycles. The predicted octanol–water partition coefficient (Wildman–Crippen LogP) is 1.93. The van der Waals surface area contributed by atoms with Crippen LogP contribution < -0.4 is 9.62 Å². The van der Waals surface area contributed by atoms with Crippen LogP contribution in [0.15, 0.2) is 35.5 Å². The highest BCUT2D eigenvalue weighted by Crippen LogP contribution is 2.27. The van der Waals surface area contributed by atoms with Crippen molar-refractivity contribution in [2.24, 2.45) is 0 Å². The van der Waals surface area contributed by atoms with Crippen LogP contribution in [0.2, 0.25) is 0 Å². The molecule has 126 valence electrons. The third-order valence-electron chi connectivity index (χ3n) is 3.92. The summed E-state index contributed by atoms with van der Waals surface area (Å²) in [4.78, 5) is 4.24. The molecule has 0 radical (unpaired) electrons. The Labute approximate surface area is 143 Å². The normalized spacial score (nSPS) is 14.8. The van der Waals surface area contributed by atoms with Gasteiger partial charge in [-0.2, -0.15) is 8.42 Å². The number of para-hydroxylation sites is 1. The first-order valence-electron chi connectivity index (χ1n) is 7.39. The van der Waals surface area contributed by atoms with Crippen LogP contribution in [-0.4, -0.2) is 31.1 Å². The Balaban J connectivity index is 0.00000192. The molecule has 3 rings (SSSR count). The highest BCUT2D eigenvalue weighted by Gasteiger charge is 2.30. The van der Waals surface area contributed by atoms with Crippen LogP contribution in [-0.2, 0) is 23.1 Å². The Hall–Kier alpha value is -1.57. The molecule has 2 aromatic rings. The molecule has 0 atom stereocenters. The van der Waals surface area contributed by atoms with Gasteiger partial charge >= 0.3 is 0 Å². The molecule has 0 saturated heterocycles. The molecule has 23 heavy (non-hydrogen) atoms. The summed E-state index contributed by atoms with van der Waals surface area (Å²) in [5.41, 5.74) is 1.71. The molecule has 0 spiro atoms. The Morgan fingerprint density at radius 1 is 1.30 bits per heavy atom. The van der Waals surface area contributed by atoms with Crippen molar-refractivity contribution >= 4 is 28.1 Å². The van der Waals surface area contributed by atoms with Gasteiger partial charge in [0.15, 0.2) is 5.03 Å². The summed E-state index contributed by atoms with van der Waals surface area (Å²) in [7, 11) is -3.65. The monoisotopic (exact) mass is 356 g/mol. The highest BCUT2D eigenvalue weighted by molar-refractivity contribution is 7.92. The summed E-state index contributed by atoms with van der Waals surface area (Å²) in [6.45, 7) is 6.17. The molecule has 0 fully saturated rings. The highest BCUT2D eigenvalue weighted by atomic mass is 35.5. The molecule has 0 aliphatic carbocycles. The third kappa shape index (κ3) is 3.22. The van der Waals surface area contributed by atoms with Crippen LogP contribution in [0.1, 0.15) is 18.3 Å². The van der Waals surface area contributed by atoms with Crippen molar-refractivity contribution in [1.82, 2.24) is 14.9 Å². The van der Waals surface area contributed by atoms with Crippen LogP contribution in [0.4, 0.5) is 5.69 Å². The summed E-state index contributed by atoms with van der Waals surface area (Å²) >= 11 is 0. The van der Waals surface area contributed by atoms with E-state index in [2.05, 4.69) is 10.3 Å². The number of nitrogens with zero attached hydrogens (tertiary/aromatic N) is 3. The van der Waals surface area contributed by atoms with Gasteiger partial charge in [0, 0.05) is 32.4 Å². The molecule has 1 aliphatic rings. The topological polar surface area (TPSA) is 67.2 Å². The van der Waals surface area contributed by atoms with Crippen molar-refractivity contribution in [3.63, 3.8) is 0 Å². The Bertz CT molecular complexity index is 789. The number of imidazole rings is 1. The van der Waals surface area contributed by atoms with E-state index in [1.54, 1.807) is 6.20 Å². The lowest BCUT2D eigenvalue weighted by molar-refractivity contribution is 0.586. The fraction of sp³-hybridized carbons (Fsp3) is 0.400. The van der Waals surface area contributed by atoms with Crippen molar-refractivity contribution in [3.05, 3.63) is 41.9 Å². The minimum Gasteiger partial charge on any atom is -0.334 e. The van der Waals surface area contributed by atoms with Gasteiger partial charge in [-0.15, -0.1) is 12.4 Å². The maximum absolute atomic E-state index is 13.0. The number of nitrogens with one attached hydrogen (secondary N) is 1. The number of rotatable bonds is 3. The minimum absolute atomic E-state index is 0. The van der Waals surface area contributed by atoms with E-state index in [4.69, 9.17) is 0 Å². The molecule has 1 aromatic carbocycles. The molecular formula is C15H21ClN4O2S. The van der Waals surface area contributed by atoms with E-state index in [9.17, 15) is 8.42 Å². The first-order valence-corrected chi connectivity index (χ1v) is 8.83. The SMILES string of the molecule is CCn1cc(S(=O)(=O)N2CCNCc3ccccc32)nc1C.Cl. The van der Waals surface area contributed by atoms with Gasteiger partial charge < -0.3 is 9.88 Å². The van der Waals surface area contributed by atoms with E-state index in [1.807, 2.05) is 42.7 Å². The molecule has 0 bridgehead atoms. The maximum Gasteiger partial charge on any atom is 0.283 e. The van der Waals surface area contributed by atoms with Gasteiger partial charge in [0.2, 0.25) is 0 Å². The number of aryl methyl sites for hydroxylation is 2. The largest absolute Gasteiger partial charge is 0.334 e. The van der Waals surface area contributed by atoms with E-state index in [0.29, 0.717) is 32.0 Å². The van der Waals surface area contributed by atoms with E-state index >= 15 is 0 Å². The zero-order chi connectivity index (χ0) is 15.7. The zero-order valence-corrected chi connectivity index (χ0v) is 14.8. The number of aromatic nitrogens is 2. The summed E-state index contributed by atoms with van der Waals surface area (Å²) in [5.74, 6) is 0.710. The van der Waals surface area contributed by atoms with E-state index in [0.717, 1.165) is 11.3 Å². The molecule has 6 nitrogen and oxygen atoms in total. The van der Waals surface area contributed by atoms with Crippen LogP contribution in [0.5, 0.6) is 0 Å². The average Bonchev–Trinajstić information content (AvgIpc) is 2.76. The number of benzene rings is 1. The van der Waals surface area contributed by atoms with Gasteiger partial charge in [-0.25, -0.2) is 4.98 Å². The summed E-state index contributed by atoms with van der Waals surface area (Å²) in [6, 6.07) is 7.59. The van der Waals surface area contributed by atoms with Crippen molar-refractivity contribution in [2.75, 3.05) is 17.4 Å². The maximum atomic E-state index is 13.0. The molecule has 2 heterocycles. The lowest BCUT2D eigenvalue weighted by atomic mass is 10.2. The minimum atomic E-state index is -3.65. The molecular weight excluding hydrogens is 336 g/mol. The van der Waals surface area contributed by atoms with Crippen LogP contribution in [0.25, 0.3) is 0 Å². The molecule has 1 N–H and O–H groups in total. The van der Waals surface area contributed by atoms with E-state index < -0.39 is 10.0 Å². The van der Waals surface area contributed by atoms with Crippen LogP contribution in [0, 0.1) is 6.92 Å². The lowest BCUT2D eigenvalue weighted by Crippen LogP contribution is -2.35. The van der Waals surface area contributed by atoms with Crippen molar-refractivity contribution < 1.29 is 8.42 Å². The van der Waals surface area contributed by atoms with Crippen molar-refractivity contribution in [3.8, 4) is 0 Å². The molecule has 8 heteroatoms. The second kappa shape index (κ2) is 6.90. The Morgan fingerprint density at radius 3 is 2.74 bits per heavy atom. The quantitative estimate of drug-likeness (QED) is 0.912. The van der Waals surface area contributed by atoms with Gasteiger partial charge in [-0.05, 0) is 25.5 Å². The number of anilines is 1. The molecule has 1 aromatic heterocycles. The molecule has 0 saturated carbocycles. The number of hydrogen-bond donors (Lipinski definition) is 1. The Morgan fingerprint density at radius 2 is 2.04 bits per heavy atom. The first kappa shape index (κ1) is 17.8. The van der Waals surface area contributed by atoms with Crippen molar-refractivity contribution in [1.29, 1.82) is 0 Å². The second-order valence-corrected chi connectivity index (χ2v) is 7.10. The summed E-state index contributed by atoms with van der Waals surface area (Å²) < 4.78 is 29.3. The standard InChI is InChI=1S/C15H20N4O2S.ClH/c1-3-18-11-15(17-12(18)2)22(20,21)19-9-8-16-10-13-6-4-5-7-14(13)19;/h4-7,11,16H,3,8-10H2,1-2H3;1H. The average molecular weight is 357 g/mol. The fourth-order valence-corrected chi connectivity index (χ4v) is 4.22. The number of hydrogen-bond acceptors (Lipinski definition) is 4. The fourth-order valence-electron chi connectivity index (χ4n) is 2.71. The number of halogens is 1. The van der Waals surface area contributed by atoms with Gasteiger partial charge in [0.1, 0.15) is 5.82 Å². The van der Waals surface area contributed by atoms with Crippen LogP contribution in [0.3, 0.4) is 0 Å². The van der Waals surface area contributed by atoms with E-state index in [1.165, 1.54) is 4.31 Å². The third-order valence-corrected chi connectivity index (χ3v) is 5.60. The van der Waals surface area contributed by atoms with Crippen LogP contribution >= 0.6 is 12.4 Å². The van der Waals surface area contributed by atoms with Gasteiger partial charge in [-0.3, -0.25) is 4.31 Å². The number of fused-ring (bicyclic) bond motifs is 1. The van der Waals surface area contributed by atoms with Crippen molar-refractivity contribution in [2.45, 2.75) is 32.0 Å². The zero-order valence-electron chi connectivity index (χ0n) is 13.2. The van der Waals surface area contributed by atoms with Gasteiger partial charge in [0.05, 0.1) is 5.69 Å². The van der Waals surface area contributed by atoms with Gasteiger partial charge in [-0.1, -0.05) is 18.2 Å². The summed E-state index contributed by atoms with van der Waals surface area (Å²) in [5, 5.41) is 3.37. The molecule has 0 amide bonds. The predicted molar refractivity (Wildman–Crippen MR) is 92.6 cm³/mol. The lowest BCUT2D eigenvalue weighted by Gasteiger charge is -2.22. The van der Waals surface area contributed by atoms with Gasteiger partial charge in [0.25, 0.3) is 10.0 Å². The number of sulfonamides is 1. The Kier molecular flexibility index (Phi) is 5.33.